The van der Waals surface area contributed by atoms with Crippen molar-refractivity contribution in [2.45, 2.75) is 32.2 Å². The standard InChI is InChI=1S/C15H24N2O/c1-2-13-4-6-14(7-5-13)17-10-3-9-16-12-15(17)8-11-18/h4-7,15-16,18H,2-3,8-12H2,1H3. The highest BCUT2D eigenvalue weighted by Gasteiger charge is 2.20. The topological polar surface area (TPSA) is 35.5 Å². The van der Waals surface area contributed by atoms with Crippen LogP contribution in [0, 0.1) is 0 Å². The molecule has 0 aliphatic carbocycles. The van der Waals surface area contributed by atoms with Crippen LogP contribution in [0.4, 0.5) is 5.69 Å². The van der Waals surface area contributed by atoms with Gasteiger partial charge < -0.3 is 15.3 Å². The van der Waals surface area contributed by atoms with Crippen LogP contribution in [0.5, 0.6) is 0 Å². The molecule has 1 aliphatic heterocycles. The zero-order valence-corrected chi connectivity index (χ0v) is 11.2. The quantitative estimate of drug-likeness (QED) is 0.853. The second-order valence-corrected chi connectivity index (χ2v) is 4.94. The number of rotatable bonds is 4. The van der Waals surface area contributed by atoms with E-state index in [-0.39, 0.29) is 6.61 Å². The smallest absolute Gasteiger partial charge is 0.0451 e. The average Bonchev–Trinajstić information content (AvgIpc) is 2.65. The summed E-state index contributed by atoms with van der Waals surface area (Å²) in [6.45, 7) is 5.56. The molecule has 2 N–H and O–H groups in total. The molecular weight excluding hydrogens is 224 g/mol. The number of aliphatic hydroxyl groups is 1. The fourth-order valence-electron chi connectivity index (χ4n) is 2.61. The Balaban J connectivity index is 2.14. The summed E-state index contributed by atoms with van der Waals surface area (Å²) in [5.74, 6) is 0. The first-order chi connectivity index (χ1) is 8.85. The van der Waals surface area contributed by atoms with Gasteiger partial charge in [0.25, 0.3) is 0 Å². The molecule has 100 valence electrons. The Labute approximate surface area is 110 Å². The third kappa shape index (κ3) is 3.24. The molecule has 1 fully saturated rings. The lowest BCUT2D eigenvalue weighted by Gasteiger charge is -2.31. The molecule has 2 rings (SSSR count). The highest BCUT2D eigenvalue weighted by atomic mass is 16.3. The maximum Gasteiger partial charge on any atom is 0.0451 e. The summed E-state index contributed by atoms with van der Waals surface area (Å²) >= 11 is 0. The molecule has 1 aromatic rings. The van der Waals surface area contributed by atoms with Crippen molar-refractivity contribution in [2.75, 3.05) is 31.1 Å². The minimum absolute atomic E-state index is 0.260. The van der Waals surface area contributed by atoms with Crippen LogP contribution in [-0.2, 0) is 6.42 Å². The second kappa shape index (κ2) is 6.76. The van der Waals surface area contributed by atoms with Crippen molar-refractivity contribution in [1.29, 1.82) is 0 Å². The lowest BCUT2D eigenvalue weighted by atomic mass is 10.1. The number of benzene rings is 1. The maximum atomic E-state index is 9.20. The number of nitrogens with one attached hydrogen (secondary N) is 1. The van der Waals surface area contributed by atoms with Crippen molar-refractivity contribution in [3.63, 3.8) is 0 Å². The predicted octanol–water partition coefficient (Wildman–Crippen LogP) is 1.80. The number of aryl methyl sites for hydroxylation is 1. The molecule has 1 aromatic carbocycles. The van der Waals surface area contributed by atoms with E-state index in [1.165, 1.54) is 11.3 Å². The van der Waals surface area contributed by atoms with E-state index >= 15 is 0 Å². The zero-order chi connectivity index (χ0) is 12.8. The summed E-state index contributed by atoms with van der Waals surface area (Å²) in [6, 6.07) is 9.26. The van der Waals surface area contributed by atoms with Crippen LogP contribution in [0.15, 0.2) is 24.3 Å². The van der Waals surface area contributed by atoms with E-state index in [9.17, 15) is 5.11 Å². The van der Waals surface area contributed by atoms with E-state index in [0.717, 1.165) is 38.9 Å². The molecule has 1 aliphatic rings. The molecule has 1 saturated heterocycles. The molecule has 1 unspecified atom stereocenters. The first kappa shape index (κ1) is 13.4. The maximum absolute atomic E-state index is 9.20. The highest BCUT2D eigenvalue weighted by molar-refractivity contribution is 5.49. The Morgan fingerprint density at radius 1 is 1.33 bits per heavy atom. The average molecular weight is 248 g/mol. The zero-order valence-electron chi connectivity index (χ0n) is 11.2. The monoisotopic (exact) mass is 248 g/mol. The van der Waals surface area contributed by atoms with Crippen LogP contribution in [0.3, 0.4) is 0 Å². The predicted molar refractivity (Wildman–Crippen MR) is 76.1 cm³/mol. The summed E-state index contributed by atoms with van der Waals surface area (Å²) in [7, 11) is 0. The van der Waals surface area contributed by atoms with Crippen LogP contribution in [-0.4, -0.2) is 37.4 Å². The van der Waals surface area contributed by atoms with Gasteiger partial charge in [-0.2, -0.15) is 0 Å². The summed E-state index contributed by atoms with van der Waals surface area (Å²) in [5, 5.41) is 12.7. The Bertz CT molecular complexity index is 350. The first-order valence-electron chi connectivity index (χ1n) is 7.02. The van der Waals surface area contributed by atoms with Crippen LogP contribution in [0.2, 0.25) is 0 Å². The van der Waals surface area contributed by atoms with Crippen molar-refractivity contribution in [3.8, 4) is 0 Å². The number of hydrogen-bond acceptors (Lipinski definition) is 3. The van der Waals surface area contributed by atoms with Gasteiger partial charge in [-0.1, -0.05) is 19.1 Å². The molecule has 0 spiro atoms. The third-order valence-corrected chi connectivity index (χ3v) is 3.71. The highest BCUT2D eigenvalue weighted by Crippen LogP contribution is 2.21. The van der Waals surface area contributed by atoms with Gasteiger partial charge in [0.2, 0.25) is 0 Å². The van der Waals surface area contributed by atoms with Crippen LogP contribution in [0.25, 0.3) is 0 Å². The minimum atomic E-state index is 0.260. The Morgan fingerprint density at radius 2 is 2.11 bits per heavy atom. The molecule has 0 bridgehead atoms. The molecule has 0 aromatic heterocycles. The normalized spacial score (nSPS) is 20.8. The Kier molecular flexibility index (Phi) is 5.02. The van der Waals surface area contributed by atoms with Gasteiger partial charge in [-0.15, -0.1) is 0 Å². The van der Waals surface area contributed by atoms with Gasteiger partial charge >= 0.3 is 0 Å². The third-order valence-electron chi connectivity index (χ3n) is 3.71. The largest absolute Gasteiger partial charge is 0.396 e. The summed E-state index contributed by atoms with van der Waals surface area (Å²) < 4.78 is 0. The fraction of sp³-hybridized carbons (Fsp3) is 0.600. The second-order valence-electron chi connectivity index (χ2n) is 4.94. The molecule has 3 heteroatoms. The van der Waals surface area contributed by atoms with Crippen LogP contribution < -0.4 is 10.2 Å². The van der Waals surface area contributed by atoms with Gasteiger partial charge in [-0.25, -0.2) is 0 Å². The van der Waals surface area contributed by atoms with E-state index in [0.29, 0.717) is 6.04 Å². The van der Waals surface area contributed by atoms with E-state index in [4.69, 9.17) is 0 Å². The number of anilines is 1. The van der Waals surface area contributed by atoms with Gasteiger partial charge in [0.1, 0.15) is 0 Å². The van der Waals surface area contributed by atoms with Gasteiger partial charge in [0.15, 0.2) is 0 Å². The van der Waals surface area contributed by atoms with Gasteiger partial charge in [-0.05, 0) is 43.5 Å². The minimum Gasteiger partial charge on any atom is -0.396 e. The number of aliphatic hydroxyl groups excluding tert-OH is 1. The van der Waals surface area contributed by atoms with Crippen molar-refractivity contribution in [1.82, 2.24) is 5.32 Å². The lowest BCUT2D eigenvalue weighted by Crippen LogP contribution is -2.40. The Hall–Kier alpha value is -1.06. The van der Waals surface area contributed by atoms with Crippen LogP contribution in [0.1, 0.15) is 25.3 Å². The van der Waals surface area contributed by atoms with E-state index in [1.54, 1.807) is 0 Å². The molecule has 0 saturated carbocycles. The molecule has 1 atom stereocenters. The van der Waals surface area contributed by atoms with Gasteiger partial charge in [-0.3, -0.25) is 0 Å². The molecular formula is C15H24N2O. The van der Waals surface area contributed by atoms with E-state index in [2.05, 4.69) is 41.4 Å². The molecule has 1 heterocycles. The summed E-state index contributed by atoms with van der Waals surface area (Å²) in [6.07, 6.45) is 3.09. The molecule has 3 nitrogen and oxygen atoms in total. The van der Waals surface area contributed by atoms with Gasteiger partial charge in [0, 0.05) is 31.4 Å². The number of hydrogen-bond donors (Lipinski definition) is 2. The van der Waals surface area contributed by atoms with Crippen molar-refractivity contribution in [2.24, 2.45) is 0 Å². The molecule has 0 amide bonds. The first-order valence-corrected chi connectivity index (χ1v) is 7.02. The Morgan fingerprint density at radius 3 is 2.78 bits per heavy atom. The van der Waals surface area contributed by atoms with Crippen molar-refractivity contribution >= 4 is 5.69 Å². The number of nitrogens with zero attached hydrogens (tertiary/aromatic N) is 1. The van der Waals surface area contributed by atoms with E-state index < -0.39 is 0 Å². The fourth-order valence-corrected chi connectivity index (χ4v) is 2.61. The van der Waals surface area contributed by atoms with Crippen molar-refractivity contribution < 1.29 is 5.11 Å². The van der Waals surface area contributed by atoms with Crippen LogP contribution >= 0.6 is 0 Å². The van der Waals surface area contributed by atoms with Gasteiger partial charge in [0.05, 0.1) is 0 Å². The summed E-state index contributed by atoms with van der Waals surface area (Å²) in [4.78, 5) is 2.44. The summed E-state index contributed by atoms with van der Waals surface area (Å²) in [5.41, 5.74) is 2.67. The molecule has 18 heavy (non-hydrogen) atoms. The lowest BCUT2D eigenvalue weighted by molar-refractivity contribution is 0.273. The SMILES string of the molecule is CCc1ccc(N2CCCNCC2CCO)cc1. The molecule has 0 radical (unpaired) electrons. The van der Waals surface area contributed by atoms with Crippen molar-refractivity contribution in [3.05, 3.63) is 29.8 Å². The van der Waals surface area contributed by atoms with E-state index in [1.807, 2.05) is 0 Å².